The van der Waals surface area contributed by atoms with Crippen LogP contribution in [0.1, 0.15) is 47.0 Å². The summed E-state index contributed by atoms with van der Waals surface area (Å²) in [4.78, 5) is 59.1. The first-order valence-corrected chi connectivity index (χ1v) is 9.14. The van der Waals surface area contributed by atoms with E-state index in [0.29, 0.717) is 12.6 Å². The van der Waals surface area contributed by atoms with Gasteiger partial charge in [0.05, 0.1) is 12.8 Å². The number of ether oxygens (including phenoxy) is 1. The maximum Gasteiger partial charge on any atom is 0.325 e. The van der Waals surface area contributed by atoms with Gasteiger partial charge in [0, 0.05) is 13.3 Å². The van der Waals surface area contributed by atoms with Crippen LogP contribution in [0.2, 0.25) is 0 Å². The Labute approximate surface area is 164 Å². The van der Waals surface area contributed by atoms with E-state index in [1.807, 2.05) is 13.8 Å². The van der Waals surface area contributed by atoms with Crippen LogP contribution in [0.4, 0.5) is 0 Å². The van der Waals surface area contributed by atoms with Crippen LogP contribution < -0.4 is 16.0 Å². The van der Waals surface area contributed by atoms with Crippen LogP contribution in [0.25, 0.3) is 0 Å². The number of amides is 3. The largest absolute Gasteiger partial charge is 0.465 e. The fraction of sp³-hybridized carbons (Fsp3) is 0.667. The van der Waals surface area contributed by atoms with Crippen molar-refractivity contribution in [2.24, 2.45) is 5.92 Å². The fourth-order valence-corrected chi connectivity index (χ4v) is 2.34. The molecule has 0 aliphatic heterocycles. The Balaban J connectivity index is 5.14. The molecule has 0 aliphatic carbocycles. The summed E-state index contributed by atoms with van der Waals surface area (Å²) in [5, 5.41) is 14.3. The summed E-state index contributed by atoms with van der Waals surface area (Å²) in [6.45, 7) is 6.47. The second-order valence-corrected chi connectivity index (χ2v) is 6.62. The van der Waals surface area contributed by atoms with Crippen LogP contribution in [-0.2, 0) is 28.7 Å². The van der Waals surface area contributed by atoms with E-state index in [4.69, 9.17) is 10.1 Å². The number of esters is 1. The molecular weight excluding hydrogens is 368 g/mol. The predicted molar refractivity (Wildman–Crippen MR) is 102 cm³/mol. The van der Waals surface area contributed by atoms with Gasteiger partial charge in [-0.05, 0) is 25.7 Å². The molecule has 0 unspecified atom stereocenters. The molecule has 2 atom stereocenters. The highest BCUT2D eigenvalue weighted by Gasteiger charge is 2.27. The first-order chi connectivity index (χ1) is 13.1. The molecule has 0 aromatic rings. The summed E-state index contributed by atoms with van der Waals surface area (Å²) in [6.07, 6.45) is 0.815. The van der Waals surface area contributed by atoms with Gasteiger partial charge in [0.1, 0.15) is 18.6 Å². The van der Waals surface area contributed by atoms with E-state index in [1.165, 1.54) is 6.92 Å². The summed E-state index contributed by atoms with van der Waals surface area (Å²) < 4.78 is 4.72. The first-order valence-electron chi connectivity index (χ1n) is 9.14. The lowest BCUT2D eigenvalue weighted by Gasteiger charge is -2.23. The Morgan fingerprint density at radius 2 is 1.68 bits per heavy atom. The summed E-state index contributed by atoms with van der Waals surface area (Å²) in [5.41, 5.74) is 0. The van der Waals surface area contributed by atoms with E-state index in [1.54, 1.807) is 6.92 Å². The van der Waals surface area contributed by atoms with Crippen molar-refractivity contribution in [1.82, 2.24) is 16.0 Å². The van der Waals surface area contributed by atoms with Crippen molar-refractivity contribution in [3.8, 4) is 0 Å². The number of ketones is 1. The molecule has 0 heterocycles. The Kier molecular flexibility index (Phi) is 12.1. The minimum atomic E-state index is -1.10. The minimum Gasteiger partial charge on any atom is -0.465 e. The standard InChI is InChI=1S/C18H30N4O6/c1-5-28-16(25)10-20-17(26)14(7-6-13(24)9-19)22-18(27)15(8-11(2)3)21-12(4)23/h9,11,14-15,19H,5-8,10H2,1-4H3,(H,20,26)(H,21,23)(H,22,27)/t14-,15-/m0/s1. The third-order valence-corrected chi connectivity index (χ3v) is 3.59. The number of hydrogen-bond acceptors (Lipinski definition) is 7. The molecule has 3 amide bonds. The van der Waals surface area contributed by atoms with Crippen molar-refractivity contribution < 1.29 is 28.7 Å². The molecule has 0 aliphatic rings. The number of nitrogens with one attached hydrogen (secondary N) is 4. The zero-order valence-corrected chi connectivity index (χ0v) is 16.8. The summed E-state index contributed by atoms with van der Waals surface area (Å²) in [6, 6.07) is -1.94. The molecule has 158 valence electrons. The third-order valence-electron chi connectivity index (χ3n) is 3.59. The van der Waals surface area contributed by atoms with Crippen LogP contribution in [0.3, 0.4) is 0 Å². The van der Waals surface area contributed by atoms with Crippen LogP contribution >= 0.6 is 0 Å². The average molecular weight is 398 g/mol. The second-order valence-electron chi connectivity index (χ2n) is 6.62. The molecular formula is C18H30N4O6. The minimum absolute atomic E-state index is 0.0525. The average Bonchev–Trinajstić information content (AvgIpc) is 2.61. The molecule has 10 heteroatoms. The molecule has 0 rings (SSSR count). The van der Waals surface area contributed by atoms with Gasteiger partial charge in [-0.25, -0.2) is 0 Å². The number of rotatable bonds is 13. The van der Waals surface area contributed by atoms with E-state index in [9.17, 15) is 24.0 Å². The molecule has 0 saturated carbocycles. The highest BCUT2D eigenvalue weighted by molar-refractivity contribution is 6.26. The number of carbonyl (C=O) groups excluding carboxylic acids is 5. The normalized spacial score (nSPS) is 12.5. The SMILES string of the molecule is CCOC(=O)CNC(=O)[C@H](CCC(=O)C=N)NC(=O)[C@H](CC(C)C)NC(C)=O. The number of hydrogen-bond donors (Lipinski definition) is 4. The van der Waals surface area contributed by atoms with Crippen LogP contribution in [0, 0.1) is 11.3 Å². The molecule has 10 nitrogen and oxygen atoms in total. The topological polar surface area (TPSA) is 155 Å². The van der Waals surface area contributed by atoms with Crippen molar-refractivity contribution in [3.63, 3.8) is 0 Å². The van der Waals surface area contributed by atoms with Crippen molar-refractivity contribution in [1.29, 1.82) is 5.41 Å². The van der Waals surface area contributed by atoms with E-state index >= 15 is 0 Å². The fourth-order valence-electron chi connectivity index (χ4n) is 2.34. The van der Waals surface area contributed by atoms with Gasteiger partial charge >= 0.3 is 5.97 Å². The molecule has 0 fully saturated rings. The van der Waals surface area contributed by atoms with Crippen LogP contribution in [0.5, 0.6) is 0 Å². The van der Waals surface area contributed by atoms with Gasteiger partial charge in [-0.3, -0.25) is 24.0 Å². The molecule has 0 spiro atoms. The van der Waals surface area contributed by atoms with Crippen molar-refractivity contribution in [3.05, 3.63) is 0 Å². The van der Waals surface area contributed by atoms with Crippen molar-refractivity contribution >= 4 is 35.7 Å². The maximum absolute atomic E-state index is 12.6. The molecule has 0 saturated heterocycles. The van der Waals surface area contributed by atoms with Gasteiger partial charge in [-0.1, -0.05) is 13.8 Å². The zero-order valence-electron chi connectivity index (χ0n) is 16.8. The summed E-state index contributed by atoms with van der Waals surface area (Å²) in [5.74, 6) is -2.64. The highest BCUT2D eigenvalue weighted by atomic mass is 16.5. The molecule has 28 heavy (non-hydrogen) atoms. The lowest BCUT2D eigenvalue weighted by Crippen LogP contribution is -2.54. The van der Waals surface area contributed by atoms with Gasteiger partial charge in [-0.15, -0.1) is 0 Å². The molecule has 0 aromatic heterocycles. The lowest BCUT2D eigenvalue weighted by atomic mass is 10.0. The third kappa shape index (κ3) is 11.0. The first kappa shape index (κ1) is 25.2. The molecule has 0 bridgehead atoms. The smallest absolute Gasteiger partial charge is 0.325 e. The molecule has 0 radical (unpaired) electrons. The van der Waals surface area contributed by atoms with E-state index in [-0.39, 0.29) is 37.8 Å². The van der Waals surface area contributed by atoms with E-state index in [0.717, 1.165) is 0 Å². The van der Waals surface area contributed by atoms with Crippen molar-refractivity contribution in [2.75, 3.05) is 13.2 Å². The van der Waals surface area contributed by atoms with Gasteiger partial charge in [0.2, 0.25) is 17.7 Å². The van der Waals surface area contributed by atoms with Gasteiger partial charge in [0.15, 0.2) is 5.78 Å². The van der Waals surface area contributed by atoms with Gasteiger partial charge in [0.25, 0.3) is 0 Å². The Morgan fingerprint density at radius 1 is 1.04 bits per heavy atom. The Hall–Kier alpha value is -2.78. The highest BCUT2D eigenvalue weighted by Crippen LogP contribution is 2.07. The summed E-state index contributed by atoms with van der Waals surface area (Å²) in [7, 11) is 0. The second kappa shape index (κ2) is 13.4. The Bertz CT molecular complexity index is 591. The van der Waals surface area contributed by atoms with E-state index < -0.39 is 35.7 Å². The maximum atomic E-state index is 12.6. The Morgan fingerprint density at radius 3 is 2.18 bits per heavy atom. The summed E-state index contributed by atoms with van der Waals surface area (Å²) >= 11 is 0. The molecule has 0 aromatic carbocycles. The molecule has 4 N–H and O–H groups in total. The lowest BCUT2D eigenvalue weighted by molar-refractivity contribution is -0.143. The predicted octanol–water partition coefficient (Wildman–Crippen LogP) is -0.300. The quantitative estimate of drug-likeness (QED) is 0.247. The van der Waals surface area contributed by atoms with Crippen LogP contribution in [-0.4, -0.2) is 60.9 Å². The number of Topliss-reactive ketones (excluding diaryl/α,β-unsaturated/α-hetero) is 1. The van der Waals surface area contributed by atoms with Gasteiger partial charge < -0.3 is 26.1 Å². The van der Waals surface area contributed by atoms with E-state index in [2.05, 4.69) is 16.0 Å². The number of carbonyl (C=O) groups is 5. The van der Waals surface area contributed by atoms with Gasteiger partial charge in [-0.2, -0.15) is 0 Å². The monoisotopic (exact) mass is 398 g/mol. The van der Waals surface area contributed by atoms with Crippen LogP contribution in [0.15, 0.2) is 0 Å². The zero-order chi connectivity index (χ0) is 21.7. The van der Waals surface area contributed by atoms with Crippen molar-refractivity contribution in [2.45, 2.75) is 59.0 Å².